The van der Waals surface area contributed by atoms with E-state index < -0.39 is 22.1 Å². The van der Waals surface area contributed by atoms with Gasteiger partial charge in [0.25, 0.3) is 17.5 Å². The average Bonchev–Trinajstić information content (AvgIpc) is 2.98. The van der Waals surface area contributed by atoms with Crippen LogP contribution in [-0.4, -0.2) is 69.4 Å². The highest BCUT2D eigenvalue weighted by Gasteiger charge is 2.36. The SMILES string of the molecule is CC(Cl)C(=O)N1CCC(NC(=O)CCCN2C(=O)c3ccc([N+](=O)[O-])cc3C2=O)CC1. The standard InChI is InChI=1S/C20H23ClN4O6/c1-12(21)18(27)23-9-6-13(7-10-23)22-17(26)3-2-8-24-19(28)15-5-4-14(25(30)31)11-16(15)20(24)29/h4-5,11-13H,2-3,6-10H2,1H3,(H,22,26). The van der Waals surface area contributed by atoms with Gasteiger partial charge in [-0.15, -0.1) is 11.6 Å². The van der Waals surface area contributed by atoms with Crippen LogP contribution < -0.4 is 5.32 Å². The second-order valence-electron chi connectivity index (χ2n) is 7.64. The lowest BCUT2D eigenvalue weighted by molar-refractivity contribution is -0.384. The summed E-state index contributed by atoms with van der Waals surface area (Å²) in [6, 6.07) is 3.53. The van der Waals surface area contributed by atoms with Crippen molar-refractivity contribution in [2.75, 3.05) is 19.6 Å². The van der Waals surface area contributed by atoms with Gasteiger partial charge in [-0.25, -0.2) is 0 Å². The maximum Gasteiger partial charge on any atom is 0.270 e. The summed E-state index contributed by atoms with van der Waals surface area (Å²) in [5.74, 6) is -1.41. The van der Waals surface area contributed by atoms with Crippen LogP contribution in [0.5, 0.6) is 0 Å². The minimum absolute atomic E-state index is 0.0104. The molecule has 4 amide bonds. The minimum atomic E-state index is -0.623. The maximum atomic E-state index is 12.4. The number of non-ortho nitro benzene ring substituents is 1. The monoisotopic (exact) mass is 450 g/mol. The fraction of sp³-hybridized carbons (Fsp3) is 0.500. The number of nitrogens with zero attached hydrogens (tertiary/aromatic N) is 3. The van der Waals surface area contributed by atoms with E-state index >= 15 is 0 Å². The van der Waals surface area contributed by atoms with Gasteiger partial charge >= 0.3 is 0 Å². The van der Waals surface area contributed by atoms with Crippen molar-refractivity contribution in [2.45, 2.75) is 44.0 Å². The van der Waals surface area contributed by atoms with Crippen LogP contribution in [0.1, 0.15) is 53.3 Å². The number of alkyl halides is 1. The number of carbonyl (C=O) groups is 4. The van der Waals surface area contributed by atoms with Gasteiger partial charge in [-0.05, 0) is 32.3 Å². The van der Waals surface area contributed by atoms with Crippen LogP contribution in [0.3, 0.4) is 0 Å². The molecule has 0 spiro atoms. The molecule has 1 N–H and O–H groups in total. The fourth-order valence-electron chi connectivity index (χ4n) is 3.79. The Kier molecular flexibility index (Phi) is 6.89. The number of piperidine rings is 1. The van der Waals surface area contributed by atoms with Crippen LogP contribution in [0.2, 0.25) is 0 Å². The number of carbonyl (C=O) groups excluding carboxylic acids is 4. The lowest BCUT2D eigenvalue weighted by Gasteiger charge is -2.33. The number of fused-ring (bicyclic) bond motifs is 1. The molecule has 2 aliphatic heterocycles. The van der Waals surface area contributed by atoms with Gasteiger partial charge in [0, 0.05) is 44.2 Å². The highest BCUT2D eigenvalue weighted by atomic mass is 35.5. The van der Waals surface area contributed by atoms with Crippen LogP contribution in [0.15, 0.2) is 18.2 Å². The zero-order chi connectivity index (χ0) is 22.7. The molecule has 1 aromatic carbocycles. The number of amides is 4. The molecule has 1 unspecified atom stereocenters. The molecular formula is C20H23ClN4O6. The molecule has 0 bridgehead atoms. The number of nitro groups is 1. The summed E-state index contributed by atoms with van der Waals surface area (Å²) < 4.78 is 0. The van der Waals surface area contributed by atoms with Gasteiger partial charge in [0.2, 0.25) is 11.8 Å². The molecule has 11 heteroatoms. The van der Waals surface area contributed by atoms with E-state index in [1.165, 1.54) is 12.1 Å². The highest BCUT2D eigenvalue weighted by molar-refractivity contribution is 6.30. The predicted octanol–water partition coefficient (Wildman–Crippen LogP) is 1.71. The van der Waals surface area contributed by atoms with Gasteiger partial charge in [-0.2, -0.15) is 0 Å². The third-order valence-corrected chi connectivity index (χ3v) is 5.65. The van der Waals surface area contributed by atoms with E-state index in [2.05, 4.69) is 5.32 Å². The van der Waals surface area contributed by atoms with Crippen molar-refractivity contribution in [3.8, 4) is 0 Å². The molecule has 0 aliphatic carbocycles. The van der Waals surface area contributed by atoms with E-state index in [9.17, 15) is 29.3 Å². The number of likely N-dealkylation sites (tertiary alicyclic amines) is 1. The zero-order valence-corrected chi connectivity index (χ0v) is 17.8. The normalized spacial score (nSPS) is 17.5. The van der Waals surface area contributed by atoms with Gasteiger partial charge < -0.3 is 10.2 Å². The molecule has 10 nitrogen and oxygen atoms in total. The first kappa shape index (κ1) is 22.7. The van der Waals surface area contributed by atoms with Crippen molar-refractivity contribution in [2.24, 2.45) is 0 Å². The van der Waals surface area contributed by atoms with Crippen molar-refractivity contribution < 1.29 is 24.1 Å². The minimum Gasteiger partial charge on any atom is -0.353 e. The summed E-state index contributed by atoms with van der Waals surface area (Å²) in [6.07, 6.45) is 1.68. The number of hydrogen-bond donors (Lipinski definition) is 1. The van der Waals surface area contributed by atoms with E-state index in [-0.39, 0.29) is 54.1 Å². The maximum absolute atomic E-state index is 12.4. The molecule has 3 rings (SSSR count). The molecule has 0 radical (unpaired) electrons. The Morgan fingerprint density at radius 2 is 1.87 bits per heavy atom. The number of nitro benzene ring substituents is 1. The van der Waals surface area contributed by atoms with Gasteiger partial charge in [-0.1, -0.05) is 0 Å². The predicted molar refractivity (Wildman–Crippen MR) is 111 cm³/mol. The zero-order valence-electron chi connectivity index (χ0n) is 17.0. The molecular weight excluding hydrogens is 428 g/mol. The first-order valence-corrected chi connectivity index (χ1v) is 10.5. The van der Waals surface area contributed by atoms with E-state index in [1.54, 1.807) is 11.8 Å². The van der Waals surface area contributed by atoms with E-state index in [4.69, 9.17) is 11.6 Å². The first-order chi connectivity index (χ1) is 14.7. The number of benzene rings is 1. The Labute approximate surface area is 183 Å². The lowest BCUT2D eigenvalue weighted by Crippen LogP contribution is -2.48. The molecule has 1 atom stereocenters. The second-order valence-corrected chi connectivity index (χ2v) is 8.29. The summed E-state index contributed by atoms with van der Waals surface area (Å²) in [5.41, 5.74) is -0.113. The number of rotatable bonds is 7. The van der Waals surface area contributed by atoms with Gasteiger partial charge in [0.1, 0.15) is 5.38 Å². The number of imide groups is 1. The van der Waals surface area contributed by atoms with Crippen molar-refractivity contribution in [3.63, 3.8) is 0 Å². The van der Waals surface area contributed by atoms with E-state index in [1.807, 2.05) is 0 Å². The van der Waals surface area contributed by atoms with Crippen LogP contribution in [0.4, 0.5) is 5.69 Å². The van der Waals surface area contributed by atoms with Gasteiger partial charge in [0.05, 0.1) is 16.1 Å². The van der Waals surface area contributed by atoms with Crippen molar-refractivity contribution in [1.82, 2.24) is 15.1 Å². The molecule has 31 heavy (non-hydrogen) atoms. The third kappa shape index (κ3) is 5.01. The number of nitrogens with one attached hydrogen (secondary N) is 1. The van der Waals surface area contributed by atoms with Crippen LogP contribution in [-0.2, 0) is 9.59 Å². The molecule has 166 valence electrons. The summed E-state index contributed by atoms with van der Waals surface area (Å²) in [6.45, 7) is 2.74. The molecule has 0 saturated carbocycles. The Hall–Kier alpha value is -3.01. The van der Waals surface area contributed by atoms with E-state index in [0.29, 0.717) is 25.9 Å². The van der Waals surface area contributed by atoms with Gasteiger partial charge in [0.15, 0.2) is 0 Å². The molecule has 0 aromatic heterocycles. The Balaban J connectivity index is 1.45. The summed E-state index contributed by atoms with van der Waals surface area (Å²) in [5, 5.41) is 13.2. The lowest BCUT2D eigenvalue weighted by atomic mass is 10.0. The highest BCUT2D eigenvalue weighted by Crippen LogP contribution is 2.27. The fourth-order valence-corrected chi connectivity index (χ4v) is 3.93. The topological polar surface area (TPSA) is 130 Å². The van der Waals surface area contributed by atoms with Crippen molar-refractivity contribution in [1.29, 1.82) is 0 Å². The summed E-state index contributed by atoms with van der Waals surface area (Å²) in [7, 11) is 0. The molecule has 2 aliphatic rings. The summed E-state index contributed by atoms with van der Waals surface area (Å²) in [4.78, 5) is 61.9. The largest absolute Gasteiger partial charge is 0.353 e. The van der Waals surface area contributed by atoms with Gasteiger partial charge in [-0.3, -0.25) is 34.2 Å². The van der Waals surface area contributed by atoms with Crippen molar-refractivity contribution >= 4 is 40.9 Å². The van der Waals surface area contributed by atoms with E-state index in [0.717, 1.165) is 11.0 Å². The Morgan fingerprint density at radius 3 is 2.48 bits per heavy atom. The molecule has 2 heterocycles. The molecule has 1 fully saturated rings. The quantitative estimate of drug-likeness (QED) is 0.291. The van der Waals surface area contributed by atoms with Crippen LogP contribution >= 0.6 is 11.6 Å². The summed E-state index contributed by atoms with van der Waals surface area (Å²) >= 11 is 5.82. The van der Waals surface area contributed by atoms with Crippen molar-refractivity contribution in [3.05, 3.63) is 39.4 Å². The molecule has 1 aromatic rings. The molecule has 1 saturated heterocycles. The first-order valence-electron chi connectivity index (χ1n) is 10.1. The number of halogens is 1. The van der Waals surface area contributed by atoms with Crippen LogP contribution in [0, 0.1) is 10.1 Å². The van der Waals surface area contributed by atoms with Crippen LogP contribution in [0.25, 0.3) is 0 Å². The smallest absolute Gasteiger partial charge is 0.270 e. The average molecular weight is 451 g/mol. The Morgan fingerprint density at radius 1 is 1.23 bits per heavy atom. The third-order valence-electron chi connectivity index (χ3n) is 5.46. The number of hydrogen-bond acceptors (Lipinski definition) is 6. The second kappa shape index (κ2) is 9.42. The Bertz CT molecular complexity index is 926.